The van der Waals surface area contributed by atoms with Crippen LogP contribution in [0.4, 0.5) is 45.5 Å². The molecule has 0 atom stereocenters. The third kappa shape index (κ3) is 8.99. The molecule has 19 nitrogen and oxygen atoms in total. The molecule has 7 aromatic carbocycles. The SMILES string of the molecule is Cc1cc(N=Nc2ccc(N=Nc3c(SOOO)cc4ccc(Nc5ccc(C(=O)O)cc5)cc4c3O)c3cc(S(=O)(=O)O)ccc23)ccc1N=Nc1ccc2c(c1)C(=O)NC2=O. The molecule has 0 unspecified atom stereocenters. The lowest BCUT2D eigenvalue weighted by Gasteiger charge is -2.12. The second-order valence-corrected chi connectivity index (χ2v) is 15.8. The van der Waals surface area contributed by atoms with Gasteiger partial charge in [0, 0.05) is 27.5 Å². The standard InChI is InChI=1S/C42H28N8O11S2/c1-21-16-26(9-13-34(21)47-46-27-8-11-30-33(19-27)41(53)44-40(30)52)45-48-35-14-15-36(32-20-28(63(57,58)59)10-12-29(32)35)49-50-38-37(62-61-60-56)17-23-4-7-25(18-31(23)39(38)51)43-24-5-2-22(3-6-24)42(54)55/h2-20,43,51,56H,1H3,(H,54,55)(H,44,52,53)(H,57,58,59). The highest BCUT2D eigenvalue weighted by Crippen LogP contribution is 2.46. The summed E-state index contributed by atoms with van der Waals surface area (Å²) in [6, 6.07) is 29.1. The van der Waals surface area contributed by atoms with Crippen LogP contribution in [0, 0.1) is 6.92 Å². The van der Waals surface area contributed by atoms with E-state index in [1.54, 1.807) is 73.7 Å². The molecule has 0 radical (unpaired) electrons. The highest BCUT2D eigenvalue weighted by molar-refractivity contribution is 7.94. The maximum atomic E-state index is 12.2. The summed E-state index contributed by atoms with van der Waals surface area (Å²) < 4.78 is 39.0. The topological polar surface area (TPSA) is 283 Å². The second-order valence-electron chi connectivity index (χ2n) is 13.6. The van der Waals surface area contributed by atoms with E-state index in [2.05, 4.69) is 50.7 Å². The summed E-state index contributed by atoms with van der Waals surface area (Å²) >= 11 is 0.521. The van der Waals surface area contributed by atoms with E-state index in [1.807, 2.05) is 0 Å². The van der Waals surface area contributed by atoms with Crippen molar-refractivity contribution in [3.05, 3.63) is 138 Å². The summed E-state index contributed by atoms with van der Waals surface area (Å²) in [5.74, 6) is -2.39. The lowest BCUT2D eigenvalue weighted by Crippen LogP contribution is -2.19. The van der Waals surface area contributed by atoms with E-state index in [0.29, 0.717) is 67.9 Å². The average molecular weight is 885 g/mol. The molecule has 0 fully saturated rings. The van der Waals surface area contributed by atoms with Gasteiger partial charge in [-0.05, 0) is 121 Å². The molecular formula is C42H28N8O11S2. The van der Waals surface area contributed by atoms with Gasteiger partial charge in [-0.15, -0.1) is 19.7 Å². The number of imide groups is 1. The molecule has 1 heterocycles. The van der Waals surface area contributed by atoms with E-state index in [9.17, 15) is 37.6 Å². The van der Waals surface area contributed by atoms with Gasteiger partial charge in [0.15, 0.2) is 5.75 Å². The number of azo groups is 3. The van der Waals surface area contributed by atoms with Crippen molar-refractivity contribution in [3.63, 3.8) is 0 Å². The van der Waals surface area contributed by atoms with Gasteiger partial charge < -0.3 is 15.5 Å². The number of aromatic carboxylic acids is 1. The lowest BCUT2D eigenvalue weighted by molar-refractivity contribution is -0.432. The Morgan fingerprint density at radius 3 is 2.05 bits per heavy atom. The average Bonchev–Trinajstić information content (AvgIpc) is 3.55. The van der Waals surface area contributed by atoms with Gasteiger partial charge in [0.2, 0.25) is 0 Å². The smallest absolute Gasteiger partial charge is 0.335 e. The monoisotopic (exact) mass is 884 g/mol. The number of carbonyl (C=O) groups is 3. The number of amides is 2. The quantitative estimate of drug-likeness (QED) is 0.0157. The minimum absolute atomic E-state index is 0.102. The molecule has 6 N–H and O–H groups in total. The Bertz CT molecular complexity index is 3250. The van der Waals surface area contributed by atoms with Crippen LogP contribution in [0.5, 0.6) is 5.75 Å². The van der Waals surface area contributed by atoms with Crippen molar-refractivity contribution in [3.8, 4) is 5.75 Å². The maximum Gasteiger partial charge on any atom is 0.335 e. The number of carboxylic acids is 1. The number of phenols is 1. The van der Waals surface area contributed by atoms with Gasteiger partial charge in [-0.2, -0.15) is 23.8 Å². The van der Waals surface area contributed by atoms with Crippen LogP contribution in [0.25, 0.3) is 21.5 Å². The number of hydrogen-bond acceptors (Lipinski definition) is 17. The van der Waals surface area contributed by atoms with Crippen LogP contribution >= 0.6 is 12.0 Å². The van der Waals surface area contributed by atoms with Crippen LogP contribution in [0.15, 0.2) is 156 Å². The van der Waals surface area contributed by atoms with Crippen molar-refractivity contribution < 1.29 is 52.2 Å². The van der Waals surface area contributed by atoms with E-state index in [0.717, 1.165) is 0 Å². The molecular weight excluding hydrogens is 857 g/mol. The number of aryl methyl sites for hydroxylation is 1. The third-order valence-corrected chi connectivity index (χ3v) is 11.0. The molecule has 314 valence electrons. The Balaban J connectivity index is 1.10. The number of phenolic OH excluding ortho intramolecular Hbond substituents is 1. The van der Waals surface area contributed by atoms with E-state index in [4.69, 9.17) is 5.26 Å². The Morgan fingerprint density at radius 1 is 0.683 bits per heavy atom. The minimum atomic E-state index is -4.67. The fourth-order valence-electron chi connectivity index (χ4n) is 6.48. The van der Waals surface area contributed by atoms with Gasteiger partial charge in [0.05, 0.1) is 67.0 Å². The zero-order valence-corrected chi connectivity index (χ0v) is 33.7. The maximum absolute atomic E-state index is 12.2. The van der Waals surface area contributed by atoms with Crippen molar-refractivity contribution >= 4 is 107 Å². The number of nitrogens with zero attached hydrogens (tertiary/aromatic N) is 6. The normalized spacial score (nSPS) is 12.9. The molecule has 0 aromatic heterocycles. The minimum Gasteiger partial charge on any atom is -0.505 e. The second kappa shape index (κ2) is 17.3. The highest BCUT2D eigenvalue weighted by Gasteiger charge is 2.26. The van der Waals surface area contributed by atoms with Crippen LogP contribution in [0.2, 0.25) is 0 Å². The zero-order chi connectivity index (χ0) is 44.4. The molecule has 0 spiro atoms. The number of benzene rings is 7. The molecule has 0 saturated carbocycles. The molecule has 2 amide bonds. The predicted molar refractivity (Wildman–Crippen MR) is 229 cm³/mol. The molecule has 21 heteroatoms. The molecule has 1 aliphatic rings. The van der Waals surface area contributed by atoms with Gasteiger partial charge in [-0.25, -0.2) is 10.1 Å². The number of carboxylic acid groups (broad SMARTS) is 1. The highest BCUT2D eigenvalue weighted by atomic mass is 32.2. The van der Waals surface area contributed by atoms with Crippen molar-refractivity contribution in [2.24, 2.45) is 30.7 Å². The first-order valence-corrected chi connectivity index (χ1v) is 20.4. The largest absolute Gasteiger partial charge is 0.505 e. The Hall–Kier alpha value is -7.79. The van der Waals surface area contributed by atoms with Crippen molar-refractivity contribution in [1.29, 1.82) is 0 Å². The molecule has 1 aliphatic heterocycles. The van der Waals surface area contributed by atoms with Gasteiger partial charge in [-0.1, -0.05) is 17.2 Å². The summed E-state index contributed by atoms with van der Waals surface area (Å²) in [4.78, 5) is 34.9. The molecule has 7 aromatic rings. The Morgan fingerprint density at radius 2 is 1.33 bits per heavy atom. The van der Waals surface area contributed by atoms with E-state index in [1.165, 1.54) is 48.5 Å². The van der Waals surface area contributed by atoms with E-state index >= 15 is 0 Å². The number of hydrogen-bond donors (Lipinski definition) is 6. The number of rotatable bonds is 13. The summed E-state index contributed by atoms with van der Waals surface area (Å²) in [5.41, 5.74) is 3.99. The summed E-state index contributed by atoms with van der Waals surface area (Å²) in [6.45, 7) is 1.79. The van der Waals surface area contributed by atoms with Crippen LogP contribution in [0.3, 0.4) is 0 Å². The van der Waals surface area contributed by atoms with E-state index in [-0.39, 0.29) is 44.1 Å². The Labute approximate surface area is 359 Å². The lowest BCUT2D eigenvalue weighted by atomic mass is 10.1. The zero-order valence-electron chi connectivity index (χ0n) is 32.1. The molecule has 63 heavy (non-hydrogen) atoms. The number of anilines is 2. The third-order valence-electron chi connectivity index (χ3n) is 9.57. The molecule has 0 saturated heterocycles. The van der Waals surface area contributed by atoms with Crippen LogP contribution in [0.1, 0.15) is 36.6 Å². The first-order chi connectivity index (χ1) is 30.2. The molecule has 8 rings (SSSR count). The van der Waals surface area contributed by atoms with Crippen molar-refractivity contribution in [1.82, 2.24) is 5.32 Å². The van der Waals surface area contributed by atoms with E-state index < -0.39 is 32.8 Å². The number of carbonyl (C=O) groups excluding carboxylic acids is 2. The number of aromatic hydroxyl groups is 1. The van der Waals surface area contributed by atoms with Crippen LogP contribution in [-0.2, 0) is 19.5 Å². The van der Waals surface area contributed by atoms with Gasteiger partial charge in [0.25, 0.3) is 21.9 Å². The predicted octanol–water partition coefficient (Wildman–Crippen LogP) is 11.3. The van der Waals surface area contributed by atoms with Crippen LogP contribution < -0.4 is 10.6 Å². The first kappa shape index (κ1) is 41.9. The van der Waals surface area contributed by atoms with Gasteiger partial charge >= 0.3 is 5.97 Å². The summed E-state index contributed by atoms with van der Waals surface area (Å²) in [7, 11) is -4.67. The summed E-state index contributed by atoms with van der Waals surface area (Å²) in [6.07, 6.45) is 0. The fourth-order valence-corrected chi connectivity index (χ4v) is 7.49. The fraction of sp³-hybridized carbons (Fsp3) is 0.0238. The van der Waals surface area contributed by atoms with Crippen molar-refractivity contribution in [2.45, 2.75) is 16.7 Å². The van der Waals surface area contributed by atoms with Crippen LogP contribution in [-0.4, -0.2) is 46.2 Å². The molecule has 0 aliphatic carbocycles. The number of nitrogens with one attached hydrogen (secondary N) is 2. The van der Waals surface area contributed by atoms with Gasteiger partial charge in [0.1, 0.15) is 5.69 Å². The molecule has 0 bridgehead atoms. The summed E-state index contributed by atoms with van der Waals surface area (Å²) in [5, 5.41) is 66.2. The van der Waals surface area contributed by atoms with Gasteiger partial charge in [-0.3, -0.25) is 19.5 Å². The first-order valence-electron chi connectivity index (χ1n) is 18.2. The van der Waals surface area contributed by atoms with Crippen molar-refractivity contribution in [2.75, 3.05) is 5.32 Å². The Kier molecular flexibility index (Phi) is 11.5. The number of fused-ring (bicyclic) bond motifs is 3.